The number of halogens is 7. The largest absolute Gasteiger partial charge is 0.420 e. The summed E-state index contributed by atoms with van der Waals surface area (Å²) in [5, 5.41) is 0. The van der Waals surface area contributed by atoms with Crippen molar-refractivity contribution in [2.45, 2.75) is 12.4 Å². The van der Waals surface area contributed by atoms with Crippen LogP contribution in [0.4, 0.5) is 26.3 Å². The standard InChI is InChI=1S/C14H8F6I/c15-13(16,17)9-5-1-3-7-11(9)21-12-8-4-2-6-10(12)14(18,19)20/h1-8H/q+1. The molecule has 0 saturated heterocycles. The van der Waals surface area contributed by atoms with Crippen LogP contribution in [-0.2, 0) is 12.4 Å². The molecule has 0 atom stereocenters. The fourth-order valence-corrected chi connectivity index (χ4v) is 4.61. The van der Waals surface area contributed by atoms with E-state index in [2.05, 4.69) is 0 Å². The molecule has 0 aliphatic heterocycles. The highest BCUT2D eigenvalue weighted by molar-refractivity contribution is 5.20. The SMILES string of the molecule is FC(F)(F)c1ccccc1[I+]c1ccccc1C(F)(F)F. The van der Waals surface area contributed by atoms with Crippen molar-refractivity contribution in [2.24, 2.45) is 0 Å². The van der Waals surface area contributed by atoms with Crippen LogP contribution >= 0.6 is 0 Å². The van der Waals surface area contributed by atoms with E-state index < -0.39 is 44.7 Å². The summed E-state index contributed by atoms with van der Waals surface area (Å²) in [6.45, 7) is 0. The molecular formula is C14H8F6I+. The summed E-state index contributed by atoms with van der Waals surface area (Å²) in [5.74, 6) is 0. The summed E-state index contributed by atoms with van der Waals surface area (Å²) >= 11 is -1.59. The van der Waals surface area contributed by atoms with Crippen molar-refractivity contribution in [1.29, 1.82) is 0 Å². The second-order valence-electron chi connectivity index (χ2n) is 4.05. The fraction of sp³-hybridized carbons (Fsp3) is 0.143. The molecule has 0 spiro atoms. The predicted molar refractivity (Wildman–Crippen MR) is 60.3 cm³/mol. The van der Waals surface area contributed by atoms with Crippen molar-refractivity contribution in [3.05, 3.63) is 66.8 Å². The van der Waals surface area contributed by atoms with Gasteiger partial charge in [-0.15, -0.1) is 0 Å². The van der Waals surface area contributed by atoms with Gasteiger partial charge in [-0.2, -0.15) is 26.3 Å². The highest BCUT2D eigenvalue weighted by Gasteiger charge is 2.42. The minimum atomic E-state index is -4.57. The maximum atomic E-state index is 12.9. The molecule has 0 amide bonds. The van der Waals surface area contributed by atoms with Gasteiger partial charge in [-0.25, -0.2) is 0 Å². The van der Waals surface area contributed by atoms with Crippen molar-refractivity contribution < 1.29 is 47.5 Å². The van der Waals surface area contributed by atoms with Crippen LogP contribution in [0.3, 0.4) is 0 Å². The van der Waals surface area contributed by atoms with Gasteiger partial charge in [-0.05, 0) is 24.3 Å². The minimum absolute atomic E-state index is 0.0690. The average Bonchev–Trinajstić information content (AvgIpc) is 2.37. The van der Waals surface area contributed by atoms with Crippen LogP contribution in [0.15, 0.2) is 48.5 Å². The van der Waals surface area contributed by atoms with E-state index >= 15 is 0 Å². The Morgan fingerprint density at radius 1 is 0.571 bits per heavy atom. The molecule has 0 saturated carbocycles. The zero-order valence-electron chi connectivity index (χ0n) is 10.3. The first-order chi connectivity index (χ1) is 9.69. The van der Waals surface area contributed by atoms with E-state index in [1.165, 1.54) is 36.4 Å². The third-order valence-corrected chi connectivity index (χ3v) is 5.61. The second kappa shape index (κ2) is 5.86. The molecule has 2 aromatic carbocycles. The molecule has 0 bridgehead atoms. The Hall–Kier alpha value is -1.25. The Kier molecular flexibility index (Phi) is 4.50. The molecule has 7 heteroatoms. The zero-order chi connectivity index (χ0) is 15.7. The van der Waals surface area contributed by atoms with Gasteiger partial charge in [0.15, 0.2) is 0 Å². The number of hydrogen-bond acceptors (Lipinski definition) is 0. The van der Waals surface area contributed by atoms with Crippen LogP contribution < -0.4 is 21.2 Å². The number of benzene rings is 2. The van der Waals surface area contributed by atoms with Gasteiger partial charge in [-0.1, -0.05) is 24.3 Å². The lowest BCUT2D eigenvalue weighted by Crippen LogP contribution is -3.62. The normalized spacial score (nSPS) is 12.5. The fourth-order valence-electron chi connectivity index (χ4n) is 1.66. The molecule has 0 aliphatic carbocycles. The Bertz CT molecular complexity index is 574. The summed E-state index contributed by atoms with van der Waals surface area (Å²) < 4.78 is 77.1. The number of alkyl halides is 6. The van der Waals surface area contributed by atoms with E-state index in [4.69, 9.17) is 0 Å². The Balaban J connectivity index is 2.45. The molecule has 0 fully saturated rings. The molecule has 0 heterocycles. The molecule has 21 heavy (non-hydrogen) atoms. The Morgan fingerprint density at radius 2 is 0.905 bits per heavy atom. The van der Waals surface area contributed by atoms with Crippen LogP contribution in [0.1, 0.15) is 11.1 Å². The highest BCUT2D eigenvalue weighted by Crippen LogP contribution is 2.30. The van der Waals surface area contributed by atoms with Gasteiger partial charge >= 0.3 is 33.6 Å². The topological polar surface area (TPSA) is 0 Å². The Morgan fingerprint density at radius 3 is 1.24 bits per heavy atom. The predicted octanol–water partition coefficient (Wildman–Crippen LogP) is 1.85. The van der Waals surface area contributed by atoms with Gasteiger partial charge in [0.05, 0.1) is 0 Å². The molecule has 0 aliphatic rings. The molecule has 0 radical (unpaired) electrons. The van der Waals surface area contributed by atoms with E-state index in [1.807, 2.05) is 0 Å². The first kappa shape index (κ1) is 16.1. The molecule has 0 nitrogen and oxygen atoms in total. The minimum Gasteiger partial charge on any atom is -0.166 e. The first-order valence-electron chi connectivity index (χ1n) is 5.67. The highest BCUT2D eigenvalue weighted by atomic mass is 127. The lowest BCUT2D eigenvalue weighted by molar-refractivity contribution is -0.601. The lowest BCUT2D eigenvalue weighted by Gasteiger charge is -2.07. The van der Waals surface area contributed by atoms with Gasteiger partial charge in [-0.3, -0.25) is 0 Å². The summed E-state index contributed by atoms with van der Waals surface area (Å²) in [5.41, 5.74) is -1.73. The van der Waals surface area contributed by atoms with E-state index in [-0.39, 0.29) is 7.14 Å². The van der Waals surface area contributed by atoms with E-state index in [1.54, 1.807) is 0 Å². The monoisotopic (exact) mass is 417 g/mol. The van der Waals surface area contributed by atoms with E-state index in [0.29, 0.717) is 0 Å². The third-order valence-electron chi connectivity index (χ3n) is 2.56. The summed E-state index contributed by atoms with van der Waals surface area (Å²) in [7, 11) is 0. The smallest absolute Gasteiger partial charge is 0.166 e. The van der Waals surface area contributed by atoms with Crippen LogP contribution in [-0.4, -0.2) is 0 Å². The average molecular weight is 417 g/mol. The van der Waals surface area contributed by atoms with Crippen molar-refractivity contribution in [3.8, 4) is 0 Å². The van der Waals surface area contributed by atoms with Crippen LogP contribution in [0.5, 0.6) is 0 Å². The summed E-state index contributed by atoms with van der Waals surface area (Å²) in [4.78, 5) is 0. The van der Waals surface area contributed by atoms with Crippen molar-refractivity contribution in [3.63, 3.8) is 0 Å². The number of hydrogen-bond donors (Lipinski definition) is 0. The maximum absolute atomic E-state index is 12.9. The van der Waals surface area contributed by atoms with Crippen LogP contribution in [0, 0.1) is 7.14 Å². The molecule has 2 aromatic rings. The van der Waals surface area contributed by atoms with E-state index in [0.717, 1.165) is 12.1 Å². The second-order valence-corrected chi connectivity index (χ2v) is 6.91. The number of rotatable bonds is 2. The van der Waals surface area contributed by atoms with Gasteiger partial charge < -0.3 is 0 Å². The Labute approximate surface area is 127 Å². The van der Waals surface area contributed by atoms with Gasteiger partial charge in [0.25, 0.3) is 0 Å². The van der Waals surface area contributed by atoms with Gasteiger partial charge in [0, 0.05) is 0 Å². The van der Waals surface area contributed by atoms with Gasteiger partial charge in [0.1, 0.15) is 11.1 Å². The molecule has 0 N–H and O–H groups in total. The molecular weight excluding hydrogens is 409 g/mol. The lowest BCUT2D eigenvalue weighted by atomic mass is 10.2. The van der Waals surface area contributed by atoms with Crippen molar-refractivity contribution in [1.82, 2.24) is 0 Å². The van der Waals surface area contributed by atoms with Crippen LogP contribution in [0.2, 0.25) is 0 Å². The molecule has 112 valence electrons. The molecule has 0 aromatic heterocycles. The first-order valence-corrected chi connectivity index (χ1v) is 7.82. The quantitative estimate of drug-likeness (QED) is 0.517. The zero-order valence-corrected chi connectivity index (χ0v) is 12.4. The molecule has 2 rings (SSSR count). The molecule has 0 unspecified atom stereocenters. The maximum Gasteiger partial charge on any atom is 0.420 e. The summed E-state index contributed by atoms with van der Waals surface area (Å²) in [6, 6.07) is 9.53. The van der Waals surface area contributed by atoms with Crippen molar-refractivity contribution >= 4 is 0 Å². The van der Waals surface area contributed by atoms with Crippen LogP contribution in [0.25, 0.3) is 0 Å². The van der Waals surface area contributed by atoms with E-state index in [9.17, 15) is 26.3 Å². The summed E-state index contributed by atoms with van der Waals surface area (Å²) in [6.07, 6.45) is -9.13. The van der Waals surface area contributed by atoms with Crippen molar-refractivity contribution in [2.75, 3.05) is 0 Å². The van der Waals surface area contributed by atoms with Gasteiger partial charge in [0.2, 0.25) is 7.14 Å². The third kappa shape index (κ3) is 3.90.